The molecule has 1 rings (SSSR count). The van der Waals surface area contributed by atoms with E-state index < -0.39 is 0 Å². The van der Waals surface area contributed by atoms with Crippen molar-refractivity contribution in [1.82, 2.24) is 15.0 Å². The van der Waals surface area contributed by atoms with Gasteiger partial charge in [0.1, 0.15) is 0 Å². The van der Waals surface area contributed by atoms with E-state index >= 15 is 0 Å². The van der Waals surface area contributed by atoms with Crippen molar-refractivity contribution < 1.29 is 0 Å². The van der Waals surface area contributed by atoms with Crippen molar-refractivity contribution in [3.05, 3.63) is 11.9 Å². The first-order chi connectivity index (χ1) is 6.09. The summed E-state index contributed by atoms with van der Waals surface area (Å²) in [5.41, 5.74) is 1.02. The van der Waals surface area contributed by atoms with Gasteiger partial charge in [0.05, 0.1) is 5.69 Å². The zero-order valence-electron chi connectivity index (χ0n) is 8.37. The summed E-state index contributed by atoms with van der Waals surface area (Å²) in [5, 5.41) is 8.10. The van der Waals surface area contributed by atoms with Gasteiger partial charge in [0.25, 0.3) is 0 Å². The minimum Gasteiger partial charge on any atom is -0.255 e. The topological polar surface area (TPSA) is 30.7 Å². The molecule has 0 saturated carbocycles. The maximum absolute atomic E-state index is 6.12. The molecule has 0 aliphatic rings. The average Bonchev–Trinajstić information content (AvgIpc) is 2.47. The van der Waals surface area contributed by atoms with Crippen molar-refractivity contribution in [2.24, 2.45) is 13.0 Å². The van der Waals surface area contributed by atoms with Gasteiger partial charge >= 0.3 is 0 Å². The van der Waals surface area contributed by atoms with Crippen LogP contribution in [0.1, 0.15) is 26.0 Å². The number of aryl methyl sites for hydroxylation is 2. The van der Waals surface area contributed by atoms with Crippen LogP contribution in [0, 0.1) is 5.92 Å². The molecule has 1 unspecified atom stereocenters. The first kappa shape index (κ1) is 10.5. The highest BCUT2D eigenvalue weighted by atomic mass is 35.5. The third-order valence-electron chi connectivity index (χ3n) is 2.05. The predicted molar refractivity (Wildman–Crippen MR) is 53.8 cm³/mol. The number of halogens is 1. The van der Waals surface area contributed by atoms with Crippen LogP contribution in [0.2, 0.25) is 0 Å². The molecular weight excluding hydrogens is 186 g/mol. The van der Waals surface area contributed by atoms with Gasteiger partial charge in [-0.25, -0.2) is 0 Å². The molecule has 1 aromatic rings. The number of hydrogen-bond acceptors (Lipinski definition) is 2. The van der Waals surface area contributed by atoms with E-state index in [2.05, 4.69) is 24.2 Å². The standard InChI is InChI=1S/C9H16ClN3/c1-7(2)9(10)5-4-8-6-13(3)12-11-8/h6-7,9H,4-5H2,1-3H3. The van der Waals surface area contributed by atoms with E-state index in [0.717, 1.165) is 18.5 Å². The number of nitrogens with zero attached hydrogens (tertiary/aromatic N) is 3. The summed E-state index contributed by atoms with van der Waals surface area (Å²) in [5.74, 6) is 0.526. The quantitative estimate of drug-likeness (QED) is 0.698. The molecule has 0 aromatic carbocycles. The largest absolute Gasteiger partial charge is 0.255 e. The van der Waals surface area contributed by atoms with Crippen LogP contribution in [0.15, 0.2) is 6.20 Å². The average molecular weight is 202 g/mol. The molecule has 13 heavy (non-hydrogen) atoms. The van der Waals surface area contributed by atoms with Gasteiger partial charge in [0.2, 0.25) is 0 Å². The second-order valence-electron chi connectivity index (χ2n) is 3.68. The Hall–Kier alpha value is -0.570. The van der Waals surface area contributed by atoms with Gasteiger partial charge in [0.15, 0.2) is 0 Å². The smallest absolute Gasteiger partial charge is 0.0827 e. The maximum Gasteiger partial charge on any atom is 0.0827 e. The molecule has 0 spiro atoms. The number of alkyl halides is 1. The third-order valence-corrected chi connectivity index (χ3v) is 2.77. The SMILES string of the molecule is CC(C)C(Cl)CCc1cn(C)nn1. The Morgan fingerprint density at radius 3 is 2.69 bits per heavy atom. The fourth-order valence-electron chi connectivity index (χ4n) is 1.13. The second kappa shape index (κ2) is 4.61. The summed E-state index contributed by atoms with van der Waals surface area (Å²) in [6.07, 6.45) is 3.82. The fraction of sp³-hybridized carbons (Fsp3) is 0.778. The van der Waals surface area contributed by atoms with Crippen LogP contribution in [0.5, 0.6) is 0 Å². The highest BCUT2D eigenvalue weighted by Gasteiger charge is 2.10. The van der Waals surface area contributed by atoms with Crippen molar-refractivity contribution in [1.29, 1.82) is 0 Å². The lowest BCUT2D eigenvalue weighted by molar-refractivity contribution is 0.562. The van der Waals surface area contributed by atoms with E-state index in [1.807, 2.05) is 13.2 Å². The Morgan fingerprint density at radius 2 is 2.23 bits per heavy atom. The highest BCUT2D eigenvalue weighted by molar-refractivity contribution is 6.20. The normalized spacial score (nSPS) is 13.6. The minimum atomic E-state index is 0.238. The predicted octanol–water partition coefficient (Wildman–Crippen LogP) is 2.01. The molecule has 4 heteroatoms. The lowest BCUT2D eigenvalue weighted by atomic mass is 10.1. The molecule has 0 N–H and O–H groups in total. The Bertz CT molecular complexity index is 257. The van der Waals surface area contributed by atoms with Gasteiger partial charge in [-0.2, -0.15) is 0 Å². The molecular formula is C9H16ClN3. The zero-order chi connectivity index (χ0) is 9.84. The van der Waals surface area contributed by atoms with Gasteiger partial charge in [-0.3, -0.25) is 4.68 Å². The molecule has 1 aromatic heterocycles. The molecule has 0 radical (unpaired) electrons. The molecule has 1 heterocycles. The zero-order valence-corrected chi connectivity index (χ0v) is 9.12. The summed E-state index contributed by atoms with van der Waals surface area (Å²) >= 11 is 6.12. The monoisotopic (exact) mass is 201 g/mol. The van der Waals surface area contributed by atoms with Crippen molar-refractivity contribution in [2.45, 2.75) is 32.1 Å². The molecule has 0 saturated heterocycles. The van der Waals surface area contributed by atoms with Gasteiger partial charge < -0.3 is 0 Å². The molecule has 0 aliphatic carbocycles. The van der Waals surface area contributed by atoms with Crippen molar-refractivity contribution in [2.75, 3.05) is 0 Å². The number of rotatable bonds is 4. The summed E-state index contributed by atoms with van der Waals surface area (Å²) in [6, 6.07) is 0. The van der Waals surface area contributed by atoms with E-state index in [0.29, 0.717) is 5.92 Å². The summed E-state index contributed by atoms with van der Waals surface area (Å²) in [7, 11) is 1.87. The molecule has 74 valence electrons. The lowest BCUT2D eigenvalue weighted by Gasteiger charge is -2.11. The Kier molecular flexibility index (Phi) is 3.72. The van der Waals surface area contributed by atoms with E-state index in [1.165, 1.54) is 0 Å². The first-order valence-electron chi connectivity index (χ1n) is 4.59. The van der Waals surface area contributed by atoms with Gasteiger partial charge in [-0.1, -0.05) is 19.1 Å². The van der Waals surface area contributed by atoms with Crippen LogP contribution in [0.25, 0.3) is 0 Å². The maximum atomic E-state index is 6.12. The van der Waals surface area contributed by atoms with Crippen molar-refractivity contribution in [3.8, 4) is 0 Å². The second-order valence-corrected chi connectivity index (χ2v) is 4.24. The van der Waals surface area contributed by atoms with Crippen LogP contribution in [-0.4, -0.2) is 20.4 Å². The number of aromatic nitrogens is 3. The molecule has 0 aliphatic heterocycles. The van der Waals surface area contributed by atoms with Gasteiger partial charge in [0, 0.05) is 18.6 Å². The van der Waals surface area contributed by atoms with E-state index in [4.69, 9.17) is 11.6 Å². The Balaban J connectivity index is 2.35. The van der Waals surface area contributed by atoms with Crippen LogP contribution in [0.4, 0.5) is 0 Å². The molecule has 0 bridgehead atoms. The van der Waals surface area contributed by atoms with E-state index in [9.17, 15) is 0 Å². The Labute approximate surface area is 84.1 Å². The van der Waals surface area contributed by atoms with Crippen LogP contribution in [-0.2, 0) is 13.5 Å². The lowest BCUT2D eigenvalue weighted by Crippen LogP contribution is -2.08. The molecule has 0 fully saturated rings. The minimum absolute atomic E-state index is 0.238. The van der Waals surface area contributed by atoms with Crippen LogP contribution < -0.4 is 0 Å². The third kappa shape index (κ3) is 3.35. The fourth-order valence-corrected chi connectivity index (χ4v) is 1.24. The molecule has 0 amide bonds. The van der Waals surface area contributed by atoms with E-state index in [-0.39, 0.29) is 5.38 Å². The van der Waals surface area contributed by atoms with Gasteiger partial charge in [-0.15, -0.1) is 16.7 Å². The van der Waals surface area contributed by atoms with Crippen LogP contribution >= 0.6 is 11.6 Å². The number of hydrogen-bond donors (Lipinski definition) is 0. The Morgan fingerprint density at radius 1 is 1.54 bits per heavy atom. The van der Waals surface area contributed by atoms with Crippen LogP contribution in [0.3, 0.4) is 0 Å². The first-order valence-corrected chi connectivity index (χ1v) is 5.02. The molecule has 3 nitrogen and oxygen atoms in total. The highest BCUT2D eigenvalue weighted by Crippen LogP contribution is 2.15. The van der Waals surface area contributed by atoms with Crippen molar-refractivity contribution >= 4 is 11.6 Å². The summed E-state index contributed by atoms with van der Waals surface area (Å²) in [4.78, 5) is 0. The van der Waals surface area contributed by atoms with Crippen molar-refractivity contribution in [3.63, 3.8) is 0 Å². The van der Waals surface area contributed by atoms with Gasteiger partial charge in [-0.05, 0) is 18.8 Å². The summed E-state index contributed by atoms with van der Waals surface area (Å²) < 4.78 is 1.72. The van der Waals surface area contributed by atoms with E-state index in [1.54, 1.807) is 4.68 Å². The molecule has 1 atom stereocenters. The summed E-state index contributed by atoms with van der Waals surface area (Å²) in [6.45, 7) is 4.27.